The number of ether oxygens (including phenoxy) is 1. The molecule has 0 heterocycles. The summed E-state index contributed by atoms with van der Waals surface area (Å²) in [5.74, 6) is 0.918. The molecule has 0 saturated carbocycles. The summed E-state index contributed by atoms with van der Waals surface area (Å²) < 4.78 is 5.47. The third-order valence-electron chi connectivity index (χ3n) is 3.32. The summed E-state index contributed by atoms with van der Waals surface area (Å²) in [6, 6.07) is 14.9. The predicted molar refractivity (Wildman–Crippen MR) is 79.8 cm³/mol. The Morgan fingerprint density at radius 2 is 1.63 bits per heavy atom. The average molecular weight is 255 g/mol. The minimum Gasteiger partial charge on any atom is -0.496 e. The van der Waals surface area contributed by atoms with Gasteiger partial charge in [0.05, 0.1) is 13.2 Å². The Kier molecular flexibility index (Phi) is 4.23. The van der Waals surface area contributed by atoms with Crippen LogP contribution in [0.15, 0.2) is 42.5 Å². The topological polar surface area (TPSA) is 21.3 Å². The smallest absolute Gasteiger partial charge is 0.123 e. The van der Waals surface area contributed by atoms with Gasteiger partial charge in [-0.1, -0.05) is 47.5 Å². The first-order valence-corrected chi connectivity index (χ1v) is 6.54. The SMILES string of the molecule is CNC(c1cc(C)cc(C)c1)c1ccccc1OC. The van der Waals surface area contributed by atoms with E-state index in [1.165, 1.54) is 16.7 Å². The fourth-order valence-electron chi connectivity index (χ4n) is 2.58. The molecule has 1 N–H and O–H groups in total. The van der Waals surface area contributed by atoms with Crippen LogP contribution in [0.4, 0.5) is 0 Å². The van der Waals surface area contributed by atoms with Gasteiger partial charge in [-0.25, -0.2) is 0 Å². The number of hydrogen-bond donors (Lipinski definition) is 1. The Labute approximate surface area is 115 Å². The molecule has 0 fully saturated rings. The van der Waals surface area contributed by atoms with Gasteiger partial charge in [-0.2, -0.15) is 0 Å². The Balaban J connectivity index is 2.49. The van der Waals surface area contributed by atoms with Crippen molar-refractivity contribution >= 4 is 0 Å². The van der Waals surface area contributed by atoms with Crippen molar-refractivity contribution in [2.45, 2.75) is 19.9 Å². The van der Waals surface area contributed by atoms with Crippen molar-refractivity contribution in [2.75, 3.05) is 14.2 Å². The second kappa shape index (κ2) is 5.89. The number of benzene rings is 2. The molecule has 0 saturated heterocycles. The summed E-state index contributed by atoms with van der Waals surface area (Å²) >= 11 is 0. The maximum Gasteiger partial charge on any atom is 0.123 e. The molecule has 0 bridgehead atoms. The maximum atomic E-state index is 5.47. The molecule has 0 aliphatic rings. The average Bonchev–Trinajstić information content (AvgIpc) is 2.39. The standard InChI is InChI=1S/C17H21NO/c1-12-9-13(2)11-14(10-12)17(18-3)15-7-5-6-8-16(15)19-4/h5-11,17-18H,1-4H3. The molecule has 2 heteroatoms. The van der Waals surface area contributed by atoms with Crippen molar-refractivity contribution in [3.63, 3.8) is 0 Å². The lowest BCUT2D eigenvalue weighted by Gasteiger charge is -2.20. The van der Waals surface area contributed by atoms with E-state index in [0.29, 0.717) is 0 Å². The van der Waals surface area contributed by atoms with Crippen molar-refractivity contribution in [1.82, 2.24) is 5.32 Å². The highest BCUT2D eigenvalue weighted by molar-refractivity contribution is 5.43. The van der Waals surface area contributed by atoms with Gasteiger partial charge in [0.1, 0.15) is 5.75 Å². The summed E-state index contributed by atoms with van der Waals surface area (Å²) in [6.07, 6.45) is 0. The molecule has 19 heavy (non-hydrogen) atoms. The summed E-state index contributed by atoms with van der Waals surface area (Å²) in [5, 5.41) is 3.38. The molecule has 1 atom stereocenters. The van der Waals surface area contributed by atoms with Crippen LogP contribution in [0.5, 0.6) is 5.75 Å². The highest BCUT2D eigenvalue weighted by Gasteiger charge is 2.16. The van der Waals surface area contributed by atoms with E-state index < -0.39 is 0 Å². The predicted octanol–water partition coefficient (Wildman–Crippen LogP) is 3.62. The van der Waals surface area contributed by atoms with Crippen LogP contribution < -0.4 is 10.1 Å². The third-order valence-corrected chi connectivity index (χ3v) is 3.32. The molecule has 0 aliphatic carbocycles. The van der Waals surface area contributed by atoms with E-state index in [9.17, 15) is 0 Å². The van der Waals surface area contributed by atoms with E-state index >= 15 is 0 Å². The van der Waals surface area contributed by atoms with Crippen LogP contribution in [0.2, 0.25) is 0 Å². The zero-order valence-electron chi connectivity index (χ0n) is 12.0. The minimum atomic E-state index is 0.148. The lowest BCUT2D eigenvalue weighted by molar-refractivity contribution is 0.405. The summed E-state index contributed by atoms with van der Waals surface area (Å²) in [5.41, 5.74) is 5.00. The number of nitrogens with one attached hydrogen (secondary N) is 1. The van der Waals surface area contributed by atoms with Crippen LogP contribution in [0, 0.1) is 13.8 Å². The number of aryl methyl sites for hydroxylation is 2. The number of para-hydroxylation sites is 1. The van der Waals surface area contributed by atoms with Crippen molar-refractivity contribution in [2.24, 2.45) is 0 Å². The molecule has 0 spiro atoms. The highest BCUT2D eigenvalue weighted by atomic mass is 16.5. The number of rotatable bonds is 4. The molecule has 2 rings (SSSR count). The largest absolute Gasteiger partial charge is 0.496 e. The lowest BCUT2D eigenvalue weighted by atomic mass is 9.95. The Morgan fingerprint density at radius 1 is 1.00 bits per heavy atom. The van der Waals surface area contributed by atoms with Gasteiger partial charge in [-0.3, -0.25) is 0 Å². The molecule has 0 amide bonds. The summed E-state index contributed by atoms with van der Waals surface area (Å²) in [6.45, 7) is 4.26. The van der Waals surface area contributed by atoms with Gasteiger partial charge in [0.25, 0.3) is 0 Å². The zero-order chi connectivity index (χ0) is 13.8. The monoisotopic (exact) mass is 255 g/mol. The molecule has 2 aromatic rings. The third kappa shape index (κ3) is 2.96. The van der Waals surface area contributed by atoms with Crippen LogP contribution in [-0.4, -0.2) is 14.2 Å². The Hall–Kier alpha value is -1.80. The van der Waals surface area contributed by atoms with E-state index in [2.05, 4.69) is 43.4 Å². The quantitative estimate of drug-likeness (QED) is 0.901. The summed E-state index contributed by atoms with van der Waals surface area (Å²) in [4.78, 5) is 0. The maximum absolute atomic E-state index is 5.47. The second-order valence-corrected chi connectivity index (χ2v) is 4.88. The van der Waals surface area contributed by atoms with Crippen molar-refractivity contribution in [3.8, 4) is 5.75 Å². The van der Waals surface area contributed by atoms with Gasteiger partial charge in [-0.05, 0) is 32.5 Å². The Bertz CT molecular complexity index is 543. The van der Waals surface area contributed by atoms with Gasteiger partial charge < -0.3 is 10.1 Å². The van der Waals surface area contributed by atoms with E-state index in [0.717, 1.165) is 11.3 Å². The molecule has 0 radical (unpaired) electrons. The first-order valence-electron chi connectivity index (χ1n) is 6.54. The highest BCUT2D eigenvalue weighted by Crippen LogP contribution is 2.30. The molecular formula is C17H21NO. The van der Waals surface area contributed by atoms with Gasteiger partial charge in [0.2, 0.25) is 0 Å². The van der Waals surface area contributed by atoms with Crippen LogP contribution in [0.1, 0.15) is 28.3 Å². The fraction of sp³-hybridized carbons (Fsp3) is 0.294. The molecule has 2 aromatic carbocycles. The molecular weight excluding hydrogens is 234 g/mol. The lowest BCUT2D eigenvalue weighted by Crippen LogP contribution is -2.18. The molecule has 100 valence electrons. The van der Waals surface area contributed by atoms with Crippen molar-refractivity contribution < 1.29 is 4.74 Å². The Morgan fingerprint density at radius 3 is 2.21 bits per heavy atom. The molecule has 0 aliphatic heterocycles. The molecule has 0 aromatic heterocycles. The number of methoxy groups -OCH3 is 1. The van der Waals surface area contributed by atoms with E-state index in [1.54, 1.807) is 7.11 Å². The van der Waals surface area contributed by atoms with E-state index in [1.807, 2.05) is 25.2 Å². The van der Waals surface area contributed by atoms with Gasteiger partial charge in [0, 0.05) is 5.56 Å². The fourth-order valence-corrected chi connectivity index (χ4v) is 2.58. The molecule has 2 nitrogen and oxygen atoms in total. The van der Waals surface area contributed by atoms with Crippen LogP contribution >= 0.6 is 0 Å². The van der Waals surface area contributed by atoms with Gasteiger partial charge >= 0.3 is 0 Å². The van der Waals surface area contributed by atoms with E-state index in [-0.39, 0.29) is 6.04 Å². The first-order chi connectivity index (χ1) is 9.15. The minimum absolute atomic E-state index is 0.148. The first kappa shape index (κ1) is 13.6. The van der Waals surface area contributed by atoms with Crippen LogP contribution in [0.3, 0.4) is 0 Å². The van der Waals surface area contributed by atoms with Gasteiger partial charge in [0.15, 0.2) is 0 Å². The van der Waals surface area contributed by atoms with Crippen LogP contribution in [-0.2, 0) is 0 Å². The van der Waals surface area contributed by atoms with E-state index in [4.69, 9.17) is 4.74 Å². The van der Waals surface area contributed by atoms with Crippen molar-refractivity contribution in [1.29, 1.82) is 0 Å². The van der Waals surface area contributed by atoms with Crippen molar-refractivity contribution in [3.05, 3.63) is 64.7 Å². The van der Waals surface area contributed by atoms with Gasteiger partial charge in [-0.15, -0.1) is 0 Å². The summed E-state index contributed by atoms with van der Waals surface area (Å²) in [7, 11) is 3.70. The molecule has 1 unspecified atom stereocenters. The normalized spacial score (nSPS) is 12.2. The number of hydrogen-bond acceptors (Lipinski definition) is 2. The van der Waals surface area contributed by atoms with Crippen LogP contribution in [0.25, 0.3) is 0 Å². The zero-order valence-corrected chi connectivity index (χ0v) is 12.0. The second-order valence-electron chi connectivity index (χ2n) is 4.88.